The SMILES string of the molecule is Cn1nccc1-c1nc(C2CC2)c(Br)c(=O)[nH]1. The predicted molar refractivity (Wildman–Crippen MR) is 66.7 cm³/mol. The molecule has 0 amide bonds. The molecule has 0 saturated heterocycles. The Morgan fingerprint density at radius 1 is 1.53 bits per heavy atom. The van der Waals surface area contributed by atoms with E-state index in [2.05, 4.69) is 31.0 Å². The van der Waals surface area contributed by atoms with Gasteiger partial charge in [0.15, 0.2) is 5.82 Å². The number of nitrogens with one attached hydrogen (secondary N) is 1. The first-order valence-electron chi connectivity index (χ1n) is 5.45. The minimum Gasteiger partial charge on any atom is -0.304 e. The molecular formula is C11H11BrN4O. The van der Waals surface area contributed by atoms with Crippen molar-refractivity contribution >= 4 is 15.9 Å². The van der Waals surface area contributed by atoms with E-state index in [4.69, 9.17) is 0 Å². The summed E-state index contributed by atoms with van der Waals surface area (Å²) >= 11 is 3.31. The molecule has 2 heterocycles. The third kappa shape index (κ3) is 1.82. The summed E-state index contributed by atoms with van der Waals surface area (Å²) in [7, 11) is 1.83. The Kier molecular flexibility index (Phi) is 2.39. The average molecular weight is 295 g/mol. The van der Waals surface area contributed by atoms with Gasteiger partial charge in [0.05, 0.1) is 5.69 Å². The molecule has 0 bridgehead atoms. The molecule has 1 aliphatic carbocycles. The van der Waals surface area contributed by atoms with Crippen LogP contribution in [0.4, 0.5) is 0 Å². The molecule has 6 heteroatoms. The minimum absolute atomic E-state index is 0.127. The lowest BCUT2D eigenvalue weighted by atomic mass is 10.2. The zero-order valence-corrected chi connectivity index (χ0v) is 10.9. The smallest absolute Gasteiger partial charge is 0.265 e. The van der Waals surface area contributed by atoms with Gasteiger partial charge in [-0.3, -0.25) is 9.48 Å². The van der Waals surface area contributed by atoms with Crippen LogP contribution in [0.2, 0.25) is 0 Å². The van der Waals surface area contributed by atoms with Crippen molar-refractivity contribution in [2.45, 2.75) is 18.8 Å². The lowest BCUT2D eigenvalue weighted by Gasteiger charge is -2.05. The van der Waals surface area contributed by atoms with Crippen molar-refractivity contribution in [3.8, 4) is 11.5 Å². The van der Waals surface area contributed by atoms with Crippen LogP contribution in [0.1, 0.15) is 24.5 Å². The second kappa shape index (κ2) is 3.80. The Labute approximate surface area is 106 Å². The van der Waals surface area contributed by atoms with E-state index >= 15 is 0 Å². The molecule has 1 aliphatic rings. The summed E-state index contributed by atoms with van der Waals surface area (Å²) in [6.07, 6.45) is 3.91. The highest BCUT2D eigenvalue weighted by molar-refractivity contribution is 9.10. The summed E-state index contributed by atoms with van der Waals surface area (Å²) in [6, 6.07) is 1.84. The molecule has 1 saturated carbocycles. The Morgan fingerprint density at radius 3 is 2.88 bits per heavy atom. The number of rotatable bonds is 2. The monoisotopic (exact) mass is 294 g/mol. The first kappa shape index (κ1) is 10.7. The first-order valence-corrected chi connectivity index (χ1v) is 6.24. The standard InChI is InChI=1S/C11H11BrN4O/c1-16-7(4-5-13-16)10-14-9(6-2-3-6)8(12)11(17)15-10/h4-6H,2-3H2,1H3,(H,14,15,17). The summed E-state index contributed by atoms with van der Waals surface area (Å²) in [5.41, 5.74) is 1.56. The lowest BCUT2D eigenvalue weighted by Crippen LogP contribution is -2.14. The molecule has 2 aromatic heterocycles. The normalized spacial score (nSPS) is 15.2. The van der Waals surface area contributed by atoms with Gasteiger partial charge in [-0.2, -0.15) is 5.10 Å². The van der Waals surface area contributed by atoms with Gasteiger partial charge in [-0.25, -0.2) is 4.98 Å². The summed E-state index contributed by atoms with van der Waals surface area (Å²) in [5, 5.41) is 4.08. The fourth-order valence-corrected chi connectivity index (χ4v) is 2.34. The summed E-state index contributed by atoms with van der Waals surface area (Å²) < 4.78 is 2.26. The van der Waals surface area contributed by atoms with Crippen LogP contribution in [0.15, 0.2) is 21.5 Å². The van der Waals surface area contributed by atoms with Crippen LogP contribution in [0, 0.1) is 0 Å². The lowest BCUT2D eigenvalue weighted by molar-refractivity contribution is 0.767. The minimum atomic E-state index is -0.127. The Balaban J connectivity index is 2.18. The van der Waals surface area contributed by atoms with Gasteiger partial charge in [0.25, 0.3) is 5.56 Å². The fraction of sp³-hybridized carbons (Fsp3) is 0.364. The molecule has 0 atom stereocenters. The molecule has 17 heavy (non-hydrogen) atoms. The van der Waals surface area contributed by atoms with Gasteiger partial charge in [0.1, 0.15) is 10.2 Å². The second-order valence-corrected chi connectivity index (χ2v) is 5.02. The Hall–Kier alpha value is -1.43. The zero-order valence-electron chi connectivity index (χ0n) is 9.27. The van der Waals surface area contributed by atoms with Crippen LogP contribution in [0.5, 0.6) is 0 Å². The molecule has 1 N–H and O–H groups in total. The maximum atomic E-state index is 11.8. The largest absolute Gasteiger partial charge is 0.304 e. The molecule has 3 rings (SSSR count). The van der Waals surface area contributed by atoms with Gasteiger partial charge >= 0.3 is 0 Å². The molecule has 2 aromatic rings. The third-order valence-corrected chi connectivity index (χ3v) is 3.68. The topological polar surface area (TPSA) is 63.6 Å². The van der Waals surface area contributed by atoms with E-state index in [-0.39, 0.29) is 5.56 Å². The molecule has 0 unspecified atom stereocenters. The second-order valence-electron chi connectivity index (χ2n) is 4.23. The van der Waals surface area contributed by atoms with E-state index in [0.717, 1.165) is 24.2 Å². The maximum absolute atomic E-state index is 11.8. The highest BCUT2D eigenvalue weighted by Crippen LogP contribution is 2.41. The predicted octanol–water partition coefficient (Wildman–Crippen LogP) is 1.81. The van der Waals surface area contributed by atoms with Crippen LogP contribution >= 0.6 is 15.9 Å². The molecule has 1 fully saturated rings. The average Bonchev–Trinajstić information content (AvgIpc) is 3.05. The molecule has 0 radical (unpaired) electrons. The van der Waals surface area contributed by atoms with E-state index in [0.29, 0.717) is 16.2 Å². The van der Waals surface area contributed by atoms with E-state index in [1.54, 1.807) is 10.9 Å². The molecule has 88 valence electrons. The number of hydrogen-bond donors (Lipinski definition) is 1. The highest BCUT2D eigenvalue weighted by Gasteiger charge is 2.29. The number of aromatic amines is 1. The molecular weight excluding hydrogens is 284 g/mol. The number of halogens is 1. The fourth-order valence-electron chi connectivity index (χ4n) is 1.83. The van der Waals surface area contributed by atoms with E-state index < -0.39 is 0 Å². The quantitative estimate of drug-likeness (QED) is 0.919. The van der Waals surface area contributed by atoms with Gasteiger partial charge in [-0.15, -0.1) is 0 Å². The van der Waals surface area contributed by atoms with Gasteiger partial charge in [0.2, 0.25) is 0 Å². The van der Waals surface area contributed by atoms with E-state index in [1.165, 1.54) is 0 Å². The number of nitrogens with zero attached hydrogens (tertiary/aromatic N) is 3. The van der Waals surface area contributed by atoms with Gasteiger partial charge in [-0.05, 0) is 34.8 Å². The first-order chi connectivity index (χ1) is 8.16. The highest BCUT2D eigenvalue weighted by atomic mass is 79.9. The third-order valence-electron chi connectivity index (χ3n) is 2.92. The summed E-state index contributed by atoms with van der Waals surface area (Å²) in [4.78, 5) is 19.1. The number of H-pyrrole nitrogens is 1. The number of aryl methyl sites for hydroxylation is 1. The molecule has 0 aliphatic heterocycles. The van der Waals surface area contributed by atoms with Crippen LogP contribution in [0.3, 0.4) is 0 Å². The molecule has 0 aromatic carbocycles. The van der Waals surface area contributed by atoms with Crippen molar-refractivity contribution in [1.82, 2.24) is 19.7 Å². The van der Waals surface area contributed by atoms with Gasteiger partial charge < -0.3 is 4.98 Å². The summed E-state index contributed by atoms with van der Waals surface area (Å²) in [5.74, 6) is 1.01. The van der Waals surface area contributed by atoms with Crippen molar-refractivity contribution < 1.29 is 0 Å². The van der Waals surface area contributed by atoms with Crippen molar-refractivity contribution in [2.75, 3.05) is 0 Å². The Bertz CT molecular complexity index is 627. The van der Waals surface area contributed by atoms with Gasteiger partial charge in [0, 0.05) is 19.2 Å². The van der Waals surface area contributed by atoms with E-state index in [1.807, 2.05) is 13.1 Å². The zero-order chi connectivity index (χ0) is 12.0. The van der Waals surface area contributed by atoms with Crippen LogP contribution < -0.4 is 5.56 Å². The van der Waals surface area contributed by atoms with Crippen molar-refractivity contribution in [3.63, 3.8) is 0 Å². The molecule has 0 spiro atoms. The van der Waals surface area contributed by atoms with E-state index in [9.17, 15) is 4.79 Å². The van der Waals surface area contributed by atoms with Crippen LogP contribution in [0.25, 0.3) is 11.5 Å². The molecule has 5 nitrogen and oxygen atoms in total. The number of hydrogen-bond acceptors (Lipinski definition) is 3. The number of aromatic nitrogens is 4. The maximum Gasteiger partial charge on any atom is 0.265 e. The van der Waals surface area contributed by atoms with Crippen LogP contribution in [-0.4, -0.2) is 19.7 Å². The van der Waals surface area contributed by atoms with Crippen molar-refractivity contribution in [1.29, 1.82) is 0 Å². The van der Waals surface area contributed by atoms with Gasteiger partial charge in [-0.1, -0.05) is 0 Å². The summed E-state index contributed by atoms with van der Waals surface area (Å²) in [6.45, 7) is 0. The van der Waals surface area contributed by atoms with Crippen LogP contribution in [-0.2, 0) is 7.05 Å². The Morgan fingerprint density at radius 2 is 2.29 bits per heavy atom. The van der Waals surface area contributed by atoms with Crippen molar-refractivity contribution in [3.05, 3.63) is 32.8 Å². The van der Waals surface area contributed by atoms with Crippen molar-refractivity contribution in [2.24, 2.45) is 7.05 Å².